The molecule has 5 heteroatoms. The average Bonchev–Trinajstić information content (AvgIpc) is 1.65. The Morgan fingerprint density at radius 2 is 1.78 bits per heavy atom. The molecule has 4 nitrogen and oxygen atoms in total. The predicted molar refractivity (Wildman–Crippen MR) is 26.5 cm³/mol. The Morgan fingerprint density at radius 3 is 1.78 bits per heavy atom. The van der Waals surface area contributed by atoms with Crippen molar-refractivity contribution in [1.29, 1.82) is 0 Å². The summed E-state index contributed by atoms with van der Waals surface area (Å²) in [5.74, 6) is -2.08. The van der Waals surface area contributed by atoms with Crippen LogP contribution in [-0.2, 0) is 30.0 Å². The second kappa shape index (κ2) is 7.76. The van der Waals surface area contributed by atoms with Gasteiger partial charge >= 0.3 is 5.97 Å². The summed E-state index contributed by atoms with van der Waals surface area (Å²) in [6.45, 7) is 1.51. The van der Waals surface area contributed by atoms with Gasteiger partial charge in [0.1, 0.15) is 0 Å². The Balaban J connectivity index is -0.000000180. The molecule has 0 fully saturated rings. The van der Waals surface area contributed by atoms with Crippen molar-refractivity contribution in [3.8, 4) is 0 Å². The Kier molecular flexibility index (Phi) is 13.7. The Morgan fingerprint density at radius 1 is 1.44 bits per heavy atom. The minimum Gasteiger partial charge on any atom is -0.476 e. The first-order valence-corrected chi connectivity index (χ1v) is 1.94. The van der Waals surface area contributed by atoms with Crippen molar-refractivity contribution < 1.29 is 40.6 Å². The fourth-order valence-electron chi connectivity index (χ4n) is 0.151. The van der Waals surface area contributed by atoms with Gasteiger partial charge in [-0.1, -0.05) is 6.92 Å². The monoisotopic (exact) mass is 226 g/mol. The van der Waals surface area contributed by atoms with E-state index < -0.39 is 11.8 Å². The normalized spacial score (nSPS) is 6.33. The van der Waals surface area contributed by atoms with Crippen molar-refractivity contribution in [1.82, 2.24) is 0 Å². The third kappa shape index (κ3) is 7.76. The summed E-state index contributed by atoms with van der Waals surface area (Å²) in [6.07, 6.45) is 0.0787. The first kappa shape index (κ1) is 15.9. The van der Waals surface area contributed by atoms with Gasteiger partial charge in [0.2, 0.25) is 5.78 Å². The van der Waals surface area contributed by atoms with Crippen LogP contribution < -0.4 is 0 Å². The van der Waals surface area contributed by atoms with Crippen LogP contribution in [-0.4, -0.2) is 22.3 Å². The zero-order chi connectivity index (χ0) is 5.86. The van der Waals surface area contributed by atoms with Crippen LogP contribution in [0.5, 0.6) is 0 Å². The molecule has 0 heterocycles. The van der Waals surface area contributed by atoms with E-state index in [4.69, 9.17) is 5.11 Å². The Labute approximate surface area is 66.2 Å². The van der Waals surface area contributed by atoms with Gasteiger partial charge in [-0.15, -0.1) is 0 Å². The zero-order valence-corrected chi connectivity index (χ0v) is 6.34. The van der Waals surface area contributed by atoms with Gasteiger partial charge in [0.25, 0.3) is 0 Å². The molecule has 0 aliphatic carbocycles. The van der Waals surface area contributed by atoms with Crippen LogP contribution in [0.4, 0.5) is 0 Å². The van der Waals surface area contributed by atoms with E-state index in [2.05, 4.69) is 0 Å². The number of hydrogen-bond donors (Lipinski definition) is 1. The van der Waals surface area contributed by atoms with E-state index in [1.54, 1.807) is 0 Å². The minimum atomic E-state index is -1.34. The number of carboxylic acids is 1. The van der Waals surface area contributed by atoms with Crippen LogP contribution in [0.3, 0.4) is 0 Å². The number of rotatable bonds is 2. The third-order valence-electron chi connectivity index (χ3n) is 0.560. The zero-order valence-electron chi connectivity index (χ0n) is 4.79. The molecule has 0 aromatic rings. The molecular weight excluding hydrogens is 218 g/mol. The number of carbonyl (C=O) groups is 2. The van der Waals surface area contributed by atoms with Crippen LogP contribution in [0.25, 0.3) is 0 Å². The van der Waals surface area contributed by atoms with E-state index >= 15 is 0 Å². The van der Waals surface area contributed by atoms with Gasteiger partial charge in [-0.2, -0.15) is 0 Å². The second-order valence-electron chi connectivity index (χ2n) is 1.08. The molecule has 0 unspecified atom stereocenters. The van der Waals surface area contributed by atoms with Crippen molar-refractivity contribution in [2.24, 2.45) is 0 Å². The molecule has 0 aromatic carbocycles. The maximum absolute atomic E-state index is 9.91. The largest absolute Gasteiger partial charge is 0.476 e. The van der Waals surface area contributed by atoms with E-state index in [-0.39, 0.29) is 32.3 Å². The molecule has 0 radical (unpaired) electrons. The molecule has 0 saturated heterocycles. The van der Waals surface area contributed by atoms with Gasteiger partial charge < -0.3 is 10.6 Å². The fourth-order valence-corrected chi connectivity index (χ4v) is 0.151. The molecular formula is C4H8O4Pd. The maximum atomic E-state index is 9.91. The van der Waals surface area contributed by atoms with E-state index in [0.717, 1.165) is 0 Å². The van der Waals surface area contributed by atoms with Crippen LogP contribution in [0, 0.1) is 0 Å². The van der Waals surface area contributed by atoms with Crippen molar-refractivity contribution in [2.75, 3.05) is 0 Å². The number of aliphatic carboxylic acids is 1. The average molecular weight is 227 g/mol. The molecule has 0 bridgehead atoms. The number of carboxylic acid groups (broad SMARTS) is 1. The van der Waals surface area contributed by atoms with Crippen molar-refractivity contribution in [3.05, 3.63) is 0 Å². The minimum absolute atomic E-state index is 0. The molecule has 0 aromatic heterocycles. The maximum Gasteiger partial charge on any atom is 0.372 e. The molecule has 0 aliphatic rings. The van der Waals surface area contributed by atoms with Gasteiger partial charge in [-0.05, 0) is 0 Å². The number of hydrogen-bond acceptors (Lipinski definition) is 2. The molecule has 0 amide bonds. The molecule has 0 aliphatic heterocycles. The summed E-state index contributed by atoms with van der Waals surface area (Å²) in [7, 11) is 0. The number of Topliss-reactive ketones (excluding diaryl/α,β-unsaturated/α-hetero) is 1. The van der Waals surface area contributed by atoms with Crippen molar-refractivity contribution >= 4 is 11.8 Å². The molecule has 0 rings (SSSR count). The molecule has 0 saturated carbocycles. The summed E-state index contributed by atoms with van der Waals surface area (Å²) < 4.78 is 0. The van der Waals surface area contributed by atoms with Crippen LogP contribution >= 0.6 is 0 Å². The smallest absolute Gasteiger partial charge is 0.372 e. The van der Waals surface area contributed by atoms with E-state index in [1.807, 2.05) is 0 Å². The van der Waals surface area contributed by atoms with Crippen molar-refractivity contribution in [3.63, 3.8) is 0 Å². The first-order valence-electron chi connectivity index (χ1n) is 1.94. The molecule has 9 heavy (non-hydrogen) atoms. The van der Waals surface area contributed by atoms with Crippen LogP contribution in [0.15, 0.2) is 0 Å². The quantitative estimate of drug-likeness (QED) is 0.495. The van der Waals surface area contributed by atoms with Crippen LogP contribution in [0.2, 0.25) is 0 Å². The molecule has 0 spiro atoms. The van der Waals surface area contributed by atoms with E-state index in [1.165, 1.54) is 6.92 Å². The Bertz CT molecular complexity index is 101. The predicted octanol–water partition coefficient (Wildman–Crippen LogP) is -0.777. The third-order valence-corrected chi connectivity index (χ3v) is 0.560. The van der Waals surface area contributed by atoms with Gasteiger partial charge in [0.15, 0.2) is 0 Å². The number of ketones is 1. The molecule has 0 atom stereocenters. The summed E-state index contributed by atoms with van der Waals surface area (Å²) in [5, 5.41) is 7.83. The fraction of sp³-hybridized carbons (Fsp3) is 0.500. The summed E-state index contributed by atoms with van der Waals surface area (Å²) in [4.78, 5) is 19.5. The van der Waals surface area contributed by atoms with Gasteiger partial charge in [-0.3, -0.25) is 4.79 Å². The standard InChI is InChI=1S/C4H6O3.H2O.Pd/c1-2-3(5)4(6)7;;/h2H2,1H3,(H,6,7);1H2;. The second-order valence-corrected chi connectivity index (χ2v) is 1.08. The summed E-state index contributed by atoms with van der Waals surface area (Å²) in [5.41, 5.74) is 0. The van der Waals surface area contributed by atoms with E-state index in [0.29, 0.717) is 0 Å². The van der Waals surface area contributed by atoms with Gasteiger partial charge in [0.05, 0.1) is 0 Å². The topological polar surface area (TPSA) is 85.9 Å². The summed E-state index contributed by atoms with van der Waals surface area (Å²) in [6, 6.07) is 0. The molecule has 58 valence electrons. The van der Waals surface area contributed by atoms with Crippen LogP contribution in [0.1, 0.15) is 13.3 Å². The van der Waals surface area contributed by atoms with Crippen molar-refractivity contribution in [2.45, 2.75) is 13.3 Å². The Hall–Kier alpha value is -0.238. The first-order chi connectivity index (χ1) is 3.18. The van der Waals surface area contributed by atoms with E-state index in [9.17, 15) is 9.59 Å². The SMILES string of the molecule is CCC(=O)C(=O)O.O.[Pd]. The van der Waals surface area contributed by atoms with Gasteiger partial charge in [-0.25, -0.2) is 4.79 Å². The summed E-state index contributed by atoms with van der Waals surface area (Å²) >= 11 is 0. The molecule has 3 N–H and O–H groups in total. The van der Waals surface area contributed by atoms with Gasteiger partial charge in [0, 0.05) is 26.8 Å². The number of carbonyl (C=O) groups excluding carboxylic acids is 1.